The highest BCUT2D eigenvalue weighted by atomic mass is 16.4. The van der Waals surface area contributed by atoms with Crippen LogP contribution < -0.4 is 10.6 Å². The molecule has 0 bridgehead atoms. The second-order valence-corrected chi connectivity index (χ2v) is 4.26. The SMILES string of the molecule is C=CCC(C)NC(=O)NC1(C(=O)O)CCC1. The zero-order valence-electron chi connectivity index (χ0n) is 9.45. The van der Waals surface area contributed by atoms with Crippen molar-refractivity contribution in [3.05, 3.63) is 12.7 Å². The summed E-state index contributed by atoms with van der Waals surface area (Å²) < 4.78 is 0. The summed E-state index contributed by atoms with van der Waals surface area (Å²) in [6.07, 6.45) is 4.22. The minimum atomic E-state index is -1.04. The smallest absolute Gasteiger partial charge is 0.329 e. The van der Waals surface area contributed by atoms with Crippen molar-refractivity contribution in [2.24, 2.45) is 0 Å². The third-order valence-corrected chi connectivity index (χ3v) is 2.87. The van der Waals surface area contributed by atoms with Crippen LogP contribution in [0, 0.1) is 0 Å². The summed E-state index contributed by atoms with van der Waals surface area (Å²) in [6, 6.07) is -0.458. The molecule has 0 aromatic heterocycles. The van der Waals surface area contributed by atoms with Gasteiger partial charge in [0, 0.05) is 6.04 Å². The molecule has 0 heterocycles. The molecule has 0 aromatic carbocycles. The van der Waals surface area contributed by atoms with Gasteiger partial charge in [0.2, 0.25) is 0 Å². The summed E-state index contributed by atoms with van der Waals surface area (Å²) >= 11 is 0. The topological polar surface area (TPSA) is 78.4 Å². The second kappa shape index (κ2) is 5.01. The van der Waals surface area contributed by atoms with Crippen LogP contribution in [0.15, 0.2) is 12.7 Å². The fourth-order valence-corrected chi connectivity index (χ4v) is 1.71. The van der Waals surface area contributed by atoms with E-state index in [0.29, 0.717) is 19.3 Å². The predicted molar refractivity (Wildman–Crippen MR) is 60.2 cm³/mol. The van der Waals surface area contributed by atoms with Crippen LogP contribution >= 0.6 is 0 Å². The number of carboxylic acids is 1. The lowest BCUT2D eigenvalue weighted by atomic mass is 9.77. The number of hydrogen-bond donors (Lipinski definition) is 3. The first kappa shape index (κ1) is 12.5. The van der Waals surface area contributed by atoms with Crippen molar-refractivity contribution in [3.63, 3.8) is 0 Å². The molecule has 1 aliphatic rings. The van der Waals surface area contributed by atoms with Gasteiger partial charge >= 0.3 is 12.0 Å². The summed E-state index contributed by atoms with van der Waals surface area (Å²) in [4.78, 5) is 22.5. The molecule has 0 aliphatic heterocycles. The van der Waals surface area contributed by atoms with Crippen molar-refractivity contribution in [2.75, 3.05) is 0 Å². The van der Waals surface area contributed by atoms with Crippen LogP contribution in [0.4, 0.5) is 4.79 Å². The van der Waals surface area contributed by atoms with Crippen molar-refractivity contribution in [3.8, 4) is 0 Å². The highest BCUT2D eigenvalue weighted by Crippen LogP contribution is 2.31. The Morgan fingerprint density at radius 3 is 2.56 bits per heavy atom. The van der Waals surface area contributed by atoms with E-state index in [1.54, 1.807) is 6.08 Å². The highest BCUT2D eigenvalue weighted by molar-refractivity contribution is 5.87. The Bertz CT molecular complexity index is 298. The molecule has 16 heavy (non-hydrogen) atoms. The summed E-state index contributed by atoms with van der Waals surface area (Å²) in [5, 5.41) is 14.2. The first-order valence-corrected chi connectivity index (χ1v) is 5.43. The Kier molecular flexibility index (Phi) is 3.93. The molecule has 5 nitrogen and oxygen atoms in total. The van der Waals surface area contributed by atoms with Gasteiger partial charge in [-0.05, 0) is 32.6 Å². The number of amides is 2. The van der Waals surface area contributed by atoms with Crippen molar-refractivity contribution in [1.29, 1.82) is 0 Å². The lowest BCUT2D eigenvalue weighted by Crippen LogP contribution is -2.61. The molecule has 1 saturated carbocycles. The first-order valence-electron chi connectivity index (χ1n) is 5.43. The number of aliphatic carboxylic acids is 1. The minimum Gasteiger partial charge on any atom is -0.480 e. The maximum atomic E-state index is 11.5. The van der Waals surface area contributed by atoms with Gasteiger partial charge in [0.05, 0.1) is 0 Å². The fourth-order valence-electron chi connectivity index (χ4n) is 1.71. The standard InChI is InChI=1S/C11H18N2O3/c1-3-5-8(2)12-10(16)13-11(9(14)15)6-4-7-11/h3,8H,1,4-7H2,2H3,(H,14,15)(H2,12,13,16). The van der Waals surface area contributed by atoms with E-state index in [0.717, 1.165) is 6.42 Å². The zero-order chi connectivity index (χ0) is 12.2. The van der Waals surface area contributed by atoms with Crippen molar-refractivity contribution in [1.82, 2.24) is 10.6 Å². The molecular formula is C11H18N2O3. The molecule has 1 fully saturated rings. The van der Waals surface area contributed by atoms with Crippen LogP contribution in [0.1, 0.15) is 32.6 Å². The predicted octanol–water partition coefficient (Wildman–Crippen LogP) is 1.26. The third kappa shape index (κ3) is 2.74. The number of hydrogen-bond acceptors (Lipinski definition) is 2. The molecule has 3 N–H and O–H groups in total. The lowest BCUT2D eigenvalue weighted by Gasteiger charge is -2.38. The molecule has 1 aliphatic carbocycles. The Morgan fingerprint density at radius 1 is 1.56 bits per heavy atom. The van der Waals surface area contributed by atoms with Crippen LogP contribution in [0.5, 0.6) is 0 Å². The number of carbonyl (C=O) groups excluding carboxylic acids is 1. The van der Waals surface area contributed by atoms with Gasteiger partial charge in [-0.1, -0.05) is 6.08 Å². The van der Waals surface area contributed by atoms with Gasteiger partial charge in [0.1, 0.15) is 5.54 Å². The molecule has 0 spiro atoms. The van der Waals surface area contributed by atoms with Gasteiger partial charge in [-0.3, -0.25) is 0 Å². The van der Waals surface area contributed by atoms with Gasteiger partial charge in [0.15, 0.2) is 0 Å². The van der Waals surface area contributed by atoms with Gasteiger partial charge in [-0.2, -0.15) is 0 Å². The summed E-state index contributed by atoms with van der Waals surface area (Å²) in [5.74, 6) is -0.953. The number of urea groups is 1. The van der Waals surface area contributed by atoms with E-state index in [4.69, 9.17) is 5.11 Å². The van der Waals surface area contributed by atoms with Crippen molar-refractivity contribution >= 4 is 12.0 Å². The normalized spacial score (nSPS) is 19.1. The molecule has 1 atom stereocenters. The minimum absolute atomic E-state index is 0.0385. The largest absolute Gasteiger partial charge is 0.480 e. The summed E-state index contributed by atoms with van der Waals surface area (Å²) in [6.45, 7) is 5.42. The molecule has 90 valence electrons. The zero-order valence-corrected chi connectivity index (χ0v) is 9.45. The van der Waals surface area contributed by atoms with Crippen LogP contribution in [0.3, 0.4) is 0 Å². The average molecular weight is 226 g/mol. The van der Waals surface area contributed by atoms with Gasteiger partial charge < -0.3 is 15.7 Å². The maximum absolute atomic E-state index is 11.5. The molecule has 2 amide bonds. The fraction of sp³-hybridized carbons (Fsp3) is 0.636. The Morgan fingerprint density at radius 2 is 2.19 bits per heavy atom. The molecule has 1 rings (SSSR count). The van der Waals surface area contributed by atoms with Gasteiger partial charge in [0.25, 0.3) is 0 Å². The molecular weight excluding hydrogens is 208 g/mol. The molecule has 0 radical (unpaired) electrons. The summed E-state index contributed by atoms with van der Waals surface area (Å²) in [5.41, 5.74) is -1.04. The average Bonchev–Trinajstić information content (AvgIpc) is 2.10. The molecule has 0 saturated heterocycles. The van der Waals surface area contributed by atoms with Crippen LogP contribution in [-0.4, -0.2) is 28.7 Å². The van der Waals surface area contributed by atoms with E-state index in [-0.39, 0.29) is 6.04 Å². The Balaban J connectivity index is 2.44. The van der Waals surface area contributed by atoms with E-state index in [9.17, 15) is 9.59 Å². The third-order valence-electron chi connectivity index (χ3n) is 2.87. The highest BCUT2D eigenvalue weighted by Gasteiger charge is 2.45. The monoisotopic (exact) mass is 226 g/mol. The maximum Gasteiger partial charge on any atom is 0.329 e. The van der Waals surface area contributed by atoms with Crippen molar-refractivity contribution < 1.29 is 14.7 Å². The van der Waals surface area contributed by atoms with Crippen LogP contribution in [0.25, 0.3) is 0 Å². The van der Waals surface area contributed by atoms with Crippen LogP contribution in [-0.2, 0) is 4.79 Å². The first-order chi connectivity index (χ1) is 7.50. The second-order valence-electron chi connectivity index (χ2n) is 4.26. The van der Waals surface area contributed by atoms with Crippen molar-refractivity contribution in [2.45, 2.75) is 44.2 Å². The Hall–Kier alpha value is -1.52. The molecule has 0 aromatic rings. The number of nitrogens with one attached hydrogen (secondary N) is 2. The van der Waals surface area contributed by atoms with Gasteiger partial charge in [-0.25, -0.2) is 9.59 Å². The lowest BCUT2D eigenvalue weighted by molar-refractivity contribution is -0.148. The quantitative estimate of drug-likeness (QED) is 0.617. The number of rotatable bonds is 5. The van der Waals surface area contributed by atoms with Gasteiger partial charge in [-0.15, -0.1) is 6.58 Å². The van der Waals surface area contributed by atoms with E-state index >= 15 is 0 Å². The van der Waals surface area contributed by atoms with Crippen LogP contribution in [0.2, 0.25) is 0 Å². The molecule has 5 heteroatoms. The summed E-state index contributed by atoms with van der Waals surface area (Å²) in [7, 11) is 0. The molecule has 1 unspecified atom stereocenters. The Labute approximate surface area is 94.9 Å². The van der Waals surface area contributed by atoms with E-state index < -0.39 is 17.5 Å². The van der Waals surface area contributed by atoms with E-state index in [1.807, 2.05) is 6.92 Å². The number of carboxylic acid groups (broad SMARTS) is 1. The number of carbonyl (C=O) groups is 2. The van der Waals surface area contributed by atoms with E-state index in [2.05, 4.69) is 17.2 Å². The van der Waals surface area contributed by atoms with E-state index in [1.165, 1.54) is 0 Å².